The molecule has 1 N–H and O–H groups in total. The fraction of sp³-hybridized carbons (Fsp3) is 0.375. The van der Waals surface area contributed by atoms with E-state index in [0.29, 0.717) is 35.5 Å². The lowest BCUT2D eigenvalue weighted by molar-refractivity contribution is -0.119. The van der Waals surface area contributed by atoms with Crippen LogP contribution in [0, 0.1) is 0 Å². The highest BCUT2D eigenvalue weighted by Gasteiger charge is 2.48. The molecule has 3 unspecified atom stereocenters. The lowest BCUT2D eigenvalue weighted by Crippen LogP contribution is -2.49. The number of hydrogen-bond acceptors (Lipinski definition) is 7. The van der Waals surface area contributed by atoms with E-state index in [0.717, 1.165) is 18.5 Å². The number of carbonyl (C=O) groups is 3. The van der Waals surface area contributed by atoms with Gasteiger partial charge in [0.25, 0.3) is 11.8 Å². The highest BCUT2D eigenvalue weighted by molar-refractivity contribution is 6.21. The van der Waals surface area contributed by atoms with E-state index in [2.05, 4.69) is 0 Å². The molecular weight excluding hydrogens is 426 g/mol. The average molecular weight is 449 g/mol. The van der Waals surface area contributed by atoms with Crippen LogP contribution in [0.25, 0.3) is 0 Å². The van der Waals surface area contributed by atoms with Crippen molar-refractivity contribution in [3.8, 4) is 5.75 Å². The summed E-state index contributed by atoms with van der Waals surface area (Å²) in [7, 11) is 0. The van der Waals surface area contributed by atoms with E-state index in [1.807, 2.05) is 18.2 Å². The lowest BCUT2D eigenvalue weighted by atomic mass is 10.1. The molecule has 2 saturated heterocycles. The first kappa shape index (κ1) is 20.2. The second-order valence-corrected chi connectivity index (χ2v) is 8.71. The monoisotopic (exact) mass is 449 g/mol. The molecule has 9 heteroatoms. The highest BCUT2D eigenvalue weighted by Crippen LogP contribution is 2.42. The van der Waals surface area contributed by atoms with Crippen molar-refractivity contribution >= 4 is 29.1 Å². The van der Waals surface area contributed by atoms with E-state index >= 15 is 0 Å². The van der Waals surface area contributed by atoms with Crippen molar-refractivity contribution < 1.29 is 29.0 Å². The van der Waals surface area contributed by atoms with Crippen LogP contribution in [0.2, 0.25) is 0 Å². The van der Waals surface area contributed by atoms with Crippen LogP contribution in [0.15, 0.2) is 42.5 Å². The number of nitrogens with zero attached hydrogens (tertiary/aromatic N) is 3. The van der Waals surface area contributed by atoms with Crippen LogP contribution >= 0.6 is 0 Å². The number of piperidine rings is 1. The highest BCUT2D eigenvalue weighted by atomic mass is 16.6. The van der Waals surface area contributed by atoms with E-state index in [4.69, 9.17) is 9.47 Å². The molecule has 2 fully saturated rings. The summed E-state index contributed by atoms with van der Waals surface area (Å²) in [5.74, 6) is -0.0631. The van der Waals surface area contributed by atoms with Gasteiger partial charge in [0.05, 0.1) is 29.4 Å². The quantitative estimate of drug-likeness (QED) is 0.713. The first-order valence-corrected chi connectivity index (χ1v) is 11.2. The molecule has 6 rings (SSSR count). The third-order valence-electron chi connectivity index (χ3n) is 6.83. The van der Waals surface area contributed by atoms with Gasteiger partial charge in [0.1, 0.15) is 18.5 Å². The molecule has 170 valence electrons. The Balaban J connectivity index is 1.23. The molecule has 0 aromatic heterocycles. The number of hydrogen-bond donors (Lipinski definition) is 1. The summed E-state index contributed by atoms with van der Waals surface area (Å²) >= 11 is 0. The lowest BCUT2D eigenvalue weighted by Gasteiger charge is -2.36. The fourth-order valence-corrected chi connectivity index (χ4v) is 5.14. The van der Waals surface area contributed by atoms with Crippen LogP contribution in [-0.4, -0.2) is 66.0 Å². The standard InChI is InChI=1S/C24H23N3O6/c28-21-7-3-4-10-25(21)14-8-9-17-19(11-14)32-13-18-20(33-24(31)27(17)18)12-26-22(29)15-5-1-2-6-16(15)23(26)30/h1-2,5-6,8-9,11,18,20,24,31H,3-4,7,10,12-13H2. The van der Waals surface area contributed by atoms with Gasteiger partial charge in [-0.05, 0) is 37.1 Å². The Morgan fingerprint density at radius 1 is 1.00 bits per heavy atom. The van der Waals surface area contributed by atoms with Gasteiger partial charge in [0.15, 0.2) is 0 Å². The van der Waals surface area contributed by atoms with E-state index in [9.17, 15) is 19.5 Å². The molecule has 3 atom stereocenters. The SMILES string of the molecule is O=C1c2ccccc2C(=O)N1CC1OC(O)N2c3ccc(N4CCCCC4=O)cc3OCC12. The van der Waals surface area contributed by atoms with Gasteiger partial charge in [-0.2, -0.15) is 0 Å². The van der Waals surface area contributed by atoms with Crippen molar-refractivity contribution in [2.45, 2.75) is 37.8 Å². The normalized spacial score (nSPS) is 26.3. The van der Waals surface area contributed by atoms with Crippen LogP contribution in [0.4, 0.5) is 11.4 Å². The van der Waals surface area contributed by atoms with Gasteiger partial charge >= 0.3 is 0 Å². The predicted octanol–water partition coefficient (Wildman–Crippen LogP) is 1.74. The molecule has 0 aliphatic carbocycles. The summed E-state index contributed by atoms with van der Waals surface area (Å²) in [5.41, 5.74) is 2.18. The predicted molar refractivity (Wildman–Crippen MR) is 117 cm³/mol. The number of anilines is 2. The number of ether oxygens (including phenoxy) is 2. The molecule has 33 heavy (non-hydrogen) atoms. The zero-order valence-electron chi connectivity index (χ0n) is 17.8. The van der Waals surface area contributed by atoms with Gasteiger partial charge in [0, 0.05) is 24.7 Å². The van der Waals surface area contributed by atoms with Crippen LogP contribution in [0.5, 0.6) is 5.75 Å². The van der Waals surface area contributed by atoms with Gasteiger partial charge in [-0.25, -0.2) is 0 Å². The third-order valence-corrected chi connectivity index (χ3v) is 6.83. The van der Waals surface area contributed by atoms with Crippen LogP contribution in [0.1, 0.15) is 40.0 Å². The van der Waals surface area contributed by atoms with Gasteiger partial charge in [-0.1, -0.05) is 12.1 Å². The van der Waals surface area contributed by atoms with Crippen LogP contribution in [0.3, 0.4) is 0 Å². The largest absolute Gasteiger partial charge is 0.489 e. The minimum atomic E-state index is -1.24. The number of aliphatic hydroxyl groups excluding tert-OH is 1. The zero-order chi connectivity index (χ0) is 22.7. The summed E-state index contributed by atoms with van der Waals surface area (Å²) < 4.78 is 11.8. The molecule has 0 saturated carbocycles. The van der Waals surface area contributed by atoms with Crippen molar-refractivity contribution in [1.29, 1.82) is 0 Å². The summed E-state index contributed by atoms with van der Waals surface area (Å²) in [6, 6.07) is 11.8. The van der Waals surface area contributed by atoms with Crippen LogP contribution < -0.4 is 14.5 Å². The number of aliphatic hydroxyl groups is 1. The fourth-order valence-electron chi connectivity index (χ4n) is 5.14. The van der Waals surface area contributed by atoms with Crippen molar-refractivity contribution in [1.82, 2.24) is 4.90 Å². The molecule has 3 amide bonds. The molecule has 0 spiro atoms. The van der Waals surface area contributed by atoms with Crippen LogP contribution in [-0.2, 0) is 9.53 Å². The van der Waals surface area contributed by atoms with Gasteiger partial charge in [0.2, 0.25) is 12.3 Å². The Morgan fingerprint density at radius 2 is 1.76 bits per heavy atom. The molecule has 4 aliphatic rings. The number of fused-ring (bicyclic) bond motifs is 4. The van der Waals surface area contributed by atoms with Crippen molar-refractivity contribution in [3.63, 3.8) is 0 Å². The Morgan fingerprint density at radius 3 is 2.48 bits per heavy atom. The van der Waals surface area contributed by atoms with E-state index < -0.39 is 12.5 Å². The second-order valence-electron chi connectivity index (χ2n) is 8.71. The maximum absolute atomic E-state index is 12.8. The van der Waals surface area contributed by atoms with E-state index in [1.165, 1.54) is 4.90 Å². The first-order chi connectivity index (χ1) is 16.0. The Kier molecular flexibility index (Phi) is 4.63. The Bertz CT molecular complexity index is 1130. The summed E-state index contributed by atoms with van der Waals surface area (Å²) in [5, 5.41) is 10.7. The minimum Gasteiger partial charge on any atom is -0.489 e. The number of amides is 3. The molecular formula is C24H23N3O6. The Labute approximate surface area is 190 Å². The summed E-state index contributed by atoms with van der Waals surface area (Å²) in [6.07, 6.45) is 0.561. The smallest absolute Gasteiger partial charge is 0.261 e. The van der Waals surface area contributed by atoms with Gasteiger partial charge in [-0.15, -0.1) is 0 Å². The molecule has 0 bridgehead atoms. The maximum Gasteiger partial charge on any atom is 0.261 e. The van der Waals surface area contributed by atoms with E-state index in [-0.39, 0.29) is 36.9 Å². The summed E-state index contributed by atoms with van der Waals surface area (Å²) in [4.78, 5) is 42.5. The molecule has 4 aliphatic heterocycles. The third kappa shape index (κ3) is 3.11. The van der Waals surface area contributed by atoms with Crippen molar-refractivity contribution in [2.75, 3.05) is 29.5 Å². The molecule has 2 aromatic rings. The van der Waals surface area contributed by atoms with Crippen molar-refractivity contribution in [3.05, 3.63) is 53.6 Å². The topological polar surface area (TPSA) is 99.6 Å². The van der Waals surface area contributed by atoms with Crippen molar-refractivity contribution in [2.24, 2.45) is 0 Å². The summed E-state index contributed by atoms with van der Waals surface area (Å²) in [6.45, 7) is 0.914. The average Bonchev–Trinajstić information content (AvgIpc) is 3.28. The maximum atomic E-state index is 12.8. The van der Waals surface area contributed by atoms with Gasteiger partial charge in [-0.3, -0.25) is 19.3 Å². The second kappa shape index (κ2) is 7.57. The number of benzene rings is 2. The van der Waals surface area contributed by atoms with E-state index in [1.54, 1.807) is 34.1 Å². The number of rotatable bonds is 3. The number of imide groups is 1. The van der Waals surface area contributed by atoms with Gasteiger partial charge < -0.3 is 24.4 Å². The Hall–Kier alpha value is -3.43. The zero-order valence-corrected chi connectivity index (χ0v) is 17.8. The molecule has 4 heterocycles. The minimum absolute atomic E-state index is 0.0175. The molecule has 2 aromatic carbocycles. The molecule has 0 radical (unpaired) electrons. The first-order valence-electron chi connectivity index (χ1n) is 11.2. The molecule has 9 nitrogen and oxygen atoms in total. The number of carbonyl (C=O) groups excluding carboxylic acids is 3.